The van der Waals surface area contributed by atoms with E-state index in [0.717, 1.165) is 43.9 Å². The molecule has 2 aliphatic heterocycles. The van der Waals surface area contributed by atoms with E-state index in [9.17, 15) is 31.1 Å². The highest BCUT2D eigenvalue weighted by molar-refractivity contribution is 5.81. The van der Waals surface area contributed by atoms with Gasteiger partial charge >= 0.3 is 24.3 Å². The number of aliphatic carboxylic acids is 2. The summed E-state index contributed by atoms with van der Waals surface area (Å²) < 4.78 is 75.1. The van der Waals surface area contributed by atoms with Crippen molar-refractivity contribution in [2.45, 2.75) is 50.5 Å². The van der Waals surface area contributed by atoms with Crippen molar-refractivity contribution in [3.05, 3.63) is 54.2 Å². The number of ether oxygens (including phenoxy) is 1. The standard InChI is InChI=1S/C20H25N3O3.2C2HF3O2/c1-22(12-16-5-2-3-8-21-16)20(24)18-11-15-7-9-23(14-19(15)26-18)13-17-6-4-10-25-17;2*3-2(4,5)1(6)7/h2-6,8,10,15,18-19H,7,9,11-14H2,1H3;2*(H,6,7)/t15-,18+,19+;;/m0../s1. The predicted molar refractivity (Wildman–Crippen MR) is 123 cm³/mol. The maximum Gasteiger partial charge on any atom is 0.490 e. The normalized spacial score (nSPS) is 20.7. The number of carbonyl (C=O) groups is 3. The number of furan rings is 1. The summed E-state index contributed by atoms with van der Waals surface area (Å²) in [6, 6.07) is 9.67. The lowest BCUT2D eigenvalue weighted by atomic mass is 9.91. The summed E-state index contributed by atoms with van der Waals surface area (Å²) in [4.78, 5) is 38.9. The van der Waals surface area contributed by atoms with E-state index < -0.39 is 24.3 Å². The Labute approximate surface area is 224 Å². The number of carboxylic acids is 2. The number of alkyl halides is 6. The summed E-state index contributed by atoms with van der Waals surface area (Å²) >= 11 is 0. The first-order valence-electron chi connectivity index (χ1n) is 11.7. The maximum atomic E-state index is 12.8. The Hall–Kier alpha value is -3.66. The van der Waals surface area contributed by atoms with Gasteiger partial charge in [0, 0.05) is 19.8 Å². The van der Waals surface area contributed by atoms with E-state index in [0.29, 0.717) is 12.5 Å². The second kappa shape index (κ2) is 14.1. The molecule has 3 atom stereocenters. The Balaban J connectivity index is 0.000000333. The van der Waals surface area contributed by atoms with E-state index >= 15 is 0 Å². The highest BCUT2D eigenvalue weighted by atomic mass is 19.4. The van der Waals surface area contributed by atoms with Crippen molar-refractivity contribution in [2.24, 2.45) is 5.92 Å². The number of likely N-dealkylation sites (tertiary alicyclic amines) is 1. The van der Waals surface area contributed by atoms with Gasteiger partial charge in [0.05, 0.1) is 31.2 Å². The van der Waals surface area contributed by atoms with Crippen molar-refractivity contribution in [3.63, 3.8) is 0 Å². The van der Waals surface area contributed by atoms with Gasteiger partial charge in [-0.05, 0) is 49.6 Å². The smallest absolute Gasteiger partial charge is 0.475 e. The van der Waals surface area contributed by atoms with Crippen molar-refractivity contribution in [3.8, 4) is 0 Å². The summed E-state index contributed by atoms with van der Waals surface area (Å²) in [7, 11) is 1.82. The molecular weight excluding hydrogens is 556 g/mol. The largest absolute Gasteiger partial charge is 0.490 e. The van der Waals surface area contributed by atoms with Crippen LogP contribution in [0.25, 0.3) is 0 Å². The molecule has 1 amide bonds. The highest BCUT2D eigenvalue weighted by Crippen LogP contribution is 2.34. The zero-order valence-corrected chi connectivity index (χ0v) is 21.1. The lowest BCUT2D eigenvalue weighted by Gasteiger charge is -2.33. The number of nitrogens with zero attached hydrogens (tertiary/aromatic N) is 3. The molecule has 2 aliphatic rings. The number of pyridine rings is 1. The van der Waals surface area contributed by atoms with Gasteiger partial charge in [-0.15, -0.1) is 0 Å². The van der Waals surface area contributed by atoms with Gasteiger partial charge in [-0.1, -0.05) is 6.07 Å². The lowest BCUT2D eigenvalue weighted by molar-refractivity contribution is -0.193. The third-order valence-electron chi connectivity index (χ3n) is 5.86. The molecule has 0 spiro atoms. The number of halogens is 6. The molecule has 0 radical (unpaired) electrons. The van der Waals surface area contributed by atoms with Gasteiger partial charge in [-0.3, -0.25) is 14.7 Å². The molecule has 0 bridgehead atoms. The fourth-order valence-electron chi connectivity index (χ4n) is 3.98. The molecule has 0 aromatic carbocycles. The highest BCUT2D eigenvalue weighted by Gasteiger charge is 2.43. The molecule has 16 heteroatoms. The van der Waals surface area contributed by atoms with Crippen molar-refractivity contribution < 1.29 is 60.1 Å². The van der Waals surface area contributed by atoms with Gasteiger partial charge in [-0.2, -0.15) is 26.3 Å². The summed E-state index contributed by atoms with van der Waals surface area (Å²) in [6.07, 6.45) is -5.01. The number of piperidine rings is 1. The summed E-state index contributed by atoms with van der Waals surface area (Å²) in [5.41, 5.74) is 0.892. The molecule has 2 N–H and O–H groups in total. The molecule has 2 aromatic rings. The topological polar surface area (TPSA) is 133 Å². The van der Waals surface area contributed by atoms with E-state index in [-0.39, 0.29) is 18.1 Å². The molecule has 4 heterocycles. The molecule has 0 aliphatic carbocycles. The number of aromatic nitrogens is 1. The predicted octanol–water partition coefficient (Wildman–Crippen LogP) is 3.58. The monoisotopic (exact) mass is 583 g/mol. The number of amides is 1. The molecule has 2 saturated heterocycles. The van der Waals surface area contributed by atoms with Gasteiger partial charge in [0.2, 0.25) is 0 Å². The van der Waals surface area contributed by atoms with Crippen LogP contribution in [0.4, 0.5) is 26.3 Å². The average Bonchev–Trinajstić information content (AvgIpc) is 3.53. The van der Waals surface area contributed by atoms with Crippen LogP contribution in [-0.2, 0) is 32.2 Å². The zero-order valence-electron chi connectivity index (χ0n) is 21.1. The van der Waals surface area contributed by atoms with Crippen molar-refractivity contribution >= 4 is 17.8 Å². The van der Waals surface area contributed by atoms with Crippen LogP contribution in [0.5, 0.6) is 0 Å². The van der Waals surface area contributed by atoms with Crippen LogP contribution >= 0.6 is 0 Å². The van der Waals surface area contributed by atoms with Gasteiger partial charge in [0.25, 0.3) is 5.91 Å². The first-order valence-corrected chi connectivity index (χ1v) is 11.7. The van der Waals surface area contributed by atoms with Gasteiger partial charge in [-0.25, -0.2) is 9.59 Å². The van der Waals surface area contributed by atoms with Crippen LogP contribution in [0, 0.1) is 5.92 Å². The van der Waals surface area contributed by atoms with Crippen LogP contribution in [0.1, 0.15) is 24.3 Å². The number of hydrogen-bond acceptors (Lipinski definition) is 7. The molecule has 0 saturated carbocycles. The molecule has 4 rings (SSSR count). The quantitative estimate of drug-likeness (QED) is 0.507. The van der Waals surface area contributed by atoms with E-state index in [1.54, 1.807) is 17.4 Å². The van der Waals surface area contributed by atoms with Crippen LogP contribution in [0.15, 0.2) is 47.2 Å². The fraction of sp³-hybridized carbons (Fsp3) is 0.500. The Morgan fingerprint density at radius 2 is 1.68 bits per heavy atom. The third kappa shape index (κ3) is 10.5. The van der Waals surface area contributed by atoms with Crippen molar-refractivity contribution in [1.82, 2.24) is 14.8 Å². The van der Waals surface area contributed by atoms with E-state index in [1.807, 2.05) is 37.4 Å². The minimum Gasteiger partial charge on any atom is -0.475 e. The first kappa shape index (κ1) is 32.6. The number of hydrogen-bond donors (Lipinski definition) is 2. The first-order chi connectivity index (χ1) is 18.6. The summed E-state index contributed by atoms with van der Waals surface area (Å²) in [5, 5.41) is 14.2. The summed E-state index contributed by atoms with van der Waals surface area (Å²) in [6.45, 7) is 3.20. The van der Waals surface area contributed by atoms with Crippen molar-refractivity contribution in [2.75, 3.05) is 20.1 Å². The Kier molecular flexibility index (Phi) is 11.5. The van der Waals surface area contributed by atoms with Crippen LogP contribution < -0.4 is 0 Å². The number of likely N-dealkylation sites (N-methyl/N-ethyl adjacent to an activating group) is 1. The fourth-order valence-corrected chi connectivity index (χ4v) is 3.98. The average molecular weight is 583 g/mol. The van der Waals surface area contributed by atoms with Gasteiger partial charge < -0.3 is 24.3 Å². The Morgan fingerprint density at radius 3 is 2.17 bits per heavy atom. The minimum absolute atomic E-state index is 0.0580. The number of carbonyl (C=O) groups excluding carboxylic acids is 1. The number of fused-ring (bicyclic) bond motifs is 1. The lowest BCUT2D eigenvalue weighted by Crippen LogP contribution is -2.42. The second-order valence-corrected chi connectivity index (χ2v) is 8.88. The molecule has 0 unspecified atom stereocenters. The molecule has 2 fully saturated rings. The second-order valence-electron chi connectivity index (χ2n) is 8.88. The SMILES string of the molecule is CN(Cc1ccccn1)C(=O)[C@H]1C[C@@H]2CCN(Cc3ccco3)C[C@H]2O1.O=C(O)C(F)(F)F.O=C(O)C(F)(F)F. The van der Waals surface area contributed by atoms with E-state index in [2.05, 4.69) is 9.88 Å². The maximum absolute atomic E-state index is 12.8. The minimum atomic E-state index is -5.08. The van der Waals surface area contributed by atoms with Crippen LogP contribution in [0.3, 0.4) is 0 Å². The molecule has 10 nitrogen and oxygen atoms in total. The van der Waals surface area contributed by atoms with Crippen LogP contribution in [-0.4, -0.2) is 87.5 Å². The zero-order chi connectivity index (χ0) is 30.1. The molecule has 2 aromatic heterocycles. The van der Waals surface area contributed by atoms with Crippen molar-refractivity contribution in [1.29, 1.82) is 0 Å². The van der Waals surface area contributed by atoms with Gasteiger partial charge in [0.15, 0.2) is 0 Å². The molecule has 222 valence electrons. The van der Waals surface area contributed by atoms with E-state index in [1.165, 1.54) is 0 Å². The Bertz CT molecular complexity index is 1070. The summed E-state index contributed by atoms with van der Waals surface area (Å²) in [5.74, 6) is -4.01. The molecule has 40 heavy (non-hydrogen) atoms. The van der Waals surface area contributed by atoms with Gasteiger partial charge in [0.1, 0.15) is 11.9 Å². The number of carboxylic acid groups (broad SMARTS) is 2. The Morgan fingerprint density at radius 1 is 1.05 bits per heavy atom. The molecular formula is C24H27F6N3O7. The third-order valence-corrected chi connectivity index (χ3v) is 5.86. The number of rotatable bonds is 5. The van der Waals surface area contributed by atoms with E-state index in [4.69, 9.17) is 29.0 Å². The van der Waals surface area contributed by atoms with Crippen LogP contribution in [0.2, 0.25) is 0 Å².